The molecule has 1 aromatic heterocycles. The number of aromatic nitrogens is 2. The minimum atomic E-state index is -0.0466. The van der Waals surface area contributed by atoms with Crippen molar-refractivity contribution in [2.24, 2.45) is 7.05 Å². The lowest BCUT2D eigenvalue weighted by Crippen LogP contribution is -2.16. The highest BCUT2D eigenvalue weighted by Gasteiger charge is 2.14. The van der Waals surface area contributed by atoms with Gasteiger partial charge in [0.2, 0.25) is 5.91 Å². The predicted octanol–water partition coefficient (Wildman–Crippen LogP) is 3.18. The number of anilines is 1. The van der Waals surface area contributed by atoms with Gasteiger partial charge in [0.15, 0.2) is 0 Å². The van der Waals surface area contributed by atoms with E-state index in [0.29, 0.717) is 11.4 Å². The van der Waals surface area contributed by atoms with Crippen LogP contribution in [0.25, 0.3) is 0 Å². The van der Waals surface area contributed by atoms with Crippen LogP contribution < -0.4 is 5.32 Å². The van der Waals surface area contributed by atoms with Gasteiger partial charge >= 0.3 is 0 Å². The fourth-order valence-corrected chi connectivity index (χ4v) is 2.42. The van der Waals surface area contributed by atoms with E-state index in [1.54, 1.807) is 10.7 Å². The van der Waals surface area contributed by atoms with E-state index < -0.39 is 0 Å². The number of amides is 1. The molecule has 1 N–H and O–H groups in total. The van der Waals surface area contributed by atoms with Crippen LogP contribution in [0.3, 0.4) is 0 Å². The lowest BCUT2D eigenvalue weighted by molar-refractivity contribution is -0.115. The fraction of sp³-hybridized carbons (Fsp3) is 0.333. The van der Waals surface area contributed by atoms with Gasteiger partial charge in [-0.15, -0.1) is 0 Å². The van der Waals surface area contributed by atoms with E-state index in [4.69, 9.17) is 11.6 Å². The second-order valence-electron chi connectivity index (χ2n) is 4.96. The highest BCUT2D eigenvalue weighted by atomic mass is 35.5. The topological polar surface area (TPSA) is 46.9 Å². The number of carbonyl (C=O) groups excluding carboxylic acids is 1. The zero-order valence-electron chi connectivity index (χ0n) is 12.1. The highest BCUT2D eigenvalue weighted by Crippen LogP contribution is 2.20. The molecule has 1 heterocycles. The normalized spacial score (nSPS) is 10.7. The second-order valence-corrected chi connectivity index (χ2v) is 5.39. The van der Waals surface area contributed by atoms with Crippen molar-refractivity contribution in [3.05, 3.63) is 45.7 Å². The lowest BCUT2D eigenvalue weighted by atomic mass is 10.1. The van der Waals surface area contributed by atoms with Gasteiger partial charge in [-0.25, -0.2) is 0 Å². The zero-order chi connectivity index (χ0) is 14.9. The Bertz CT molecular complexity index is 661. The van der Waals surface area contributed by atoms with Gasteiger partial charge in [-0.1, -0.05) is 11.6 Å². The van der Waals surface area contributed by atoms with Gasteiger partial charge in [0.25, 0.3) is 0 Å². The Kier molecular flexibility index (Phi) is 4.14. The average Bonchev–Trinajstić information content (AvgIpc) is 2.60. The maximum absolute atomic E-state index is 12.2. The molecule has 0 aliphatic carbocycles. The van der Waals surface area contributed by atoms with Gasteiger partial charge in [0.1, 0.15) is 0 Å². The van der Waals surface area contributed by atoms with Crippen molar-refractivity contribution in [2.75, 3.05) is 5.32 Å². The number of nitrogens with one attached hydrogen (secondary N) is 1. The molecule has 0 saturated carbocycles. The molecule has 0 saturated heterocycles. The number of carbonyl (C=O) groups is 1. The summed E-state index contributed by atoms with van der Waals surface area (Å²) in [6.45, 7) is 5.81. The van der Waals surface area contributed by atoms with E-state index in [-0.39, 0.29) is 5.91 Å². The molecule has 0 unspecified atom stereocenters. The van der Waals surface area contributed by atoms with Crippen molar-refractivity contribution in [3.63, 3.8) is 0 Å². The molecule has 106 valence electrons. The summed E-state index contributed by atoms with van der Waals surface area (Å²) in [5.41, 5.74) is 4.64. The van der Waals surface area contributed by atoms with Gasteiger partial charge in [0, 0.05) is 29.0 Å². The Morgan fingerprint density at radius 3 is 2.60 bits per heavy atom. The van der Waals surface area contributed by atoms with Crippen LogP contribution in [-0.2, 0) is 18.3 Å². The van der Waals surface area contributed by atoms with Crippen LogP contribution in [-0.4, -0.2) is 15.7 Å². The summed E-state index contributed by atoms with van der Waals surface area (Å²) >= 11 is 5.90. The summed E-state index contributed by atoms with van der Waals surface area (Å²) in [6.07, 6.45) is 0.327. The molecule has 0 spiro atoms. The van der Waals surface area contributed by atoms with Gasteiger partial charge in [0.05, 0.1) is 12.1 Å². The van der Waals surface area contributed by atoms with E-state index in [1.807, 2.05) is 40.0 Å². The molecule has 1 amide bonds. The fourth-order valence-electron chi connectivity index (χ4n) is 2.20. The molecule has 4 nitrogen and oxygen atoms in total. The van der Waals surface area contributed by atoms with E-state index in [0.717, 1.165) is 28.2 Å². The first-order chi connectivity index (χ1) is 9.38. The number of nitrogens with zero attached hydrogens (tertiary/aromatic N) is 2. The van der Waals surface area contributed by atoms with Gasteiger partial charge in [-0.2, -0.15) is 5.10 Å². The number of rotatable bonds is 3. The Labute approximate surface area is 123 Å². The molecule has 0 aliphatic heterocycles. The van der Waals surface area contributed by atoms with Crippen LogP contribution in [0.15, 0.2) is 18.2 Å². The Hall–Kier alpha value is -1.81. The van der Waals surface area contributed by atoms with Crippen molar-refractivity contribution < 1.29 is 4.79 Å². The van der Waals surface area contributed by atoms with E-state index in [1.165, 1.54) is 0 Å². The molecule has 0 aliphatic rings. The van der Waals surface area contributed by atoms with Crippen molar-refractivity contribution in [1.29, 1.82) is 0 Å². The summed E-state index contributed by atoms with van der Waals surface area (Å²) < 4.78 is 1.80. The molecule has 0 atom stereocenters. The first kappa shape index (κ1) is 14.6. The summed E-state index contributed by atoms with van der Waals surface area (Å²) in [6, 6.07) is 5.42. The summed E-state index contributed by atoms with van der Waals surface area (Å²) in [7, 11) is 1.88. The number of halogens is 1. The van der Waals surface area contributed by atoms with Crippen molar-refractivity contribution in [2.45, 2.75) is 27.2 Å². The smallest absolute Gasteiger partial charge is 0.228 e. The van der Waals surface area contributed by atoms with E-state index in [9.17, 15) is 4.79 Å². The molecule has 2 rings (SSSR count). The molecule has 0 radical (unpaired) electrons. The molecular weight excluding hydrogens is 274 g/mol. The molecule has 1 aromatic carbocycles. The molecule has 0 bridgehead atoms. The van der Waals surface area contributed by atoms with Crippen molar-refractivity contribution >= 4 is 23.2 Å². The third kappa shape index (κ3) is 3.02. The Morgan fingerprint density at radius 2 is 2.05 bits per heavy atom. The van der Waals surface area contributed by atoms with Crippen LogP contribution in [0.5, 0.6) is 0 Å². The van der Waals surface area contributed by atoms with Crippen LogP contribution in [0.2, 0.25) is 5.02 Å². The SMILES string of the molecule is Cc1cc(Cl)ccc1NC(=O)Cc1c(C)nn(C)c1C. The average molecular weight is 292 g/mol. The van der Waals surface area contributed by atoms with Crippen molar-refractivity contribution in [3.8, 4) is 0 Å². The largest absolute Gasteiger partial charge is 0.326 e. The number of hydrogen-bond acceptors (Lipinski definition) is 2. The summed E-state index contributed by atoms with van der Waals surface area (Å²) in [5, 5.41) is 7.90. The summed E-state index contributed by atoms with van der Waals surface area (Å²) in [4.78, 5) is 12.2. The minimum absolute atomic E-state index is 0.0466. The van der Waals surface area contributed by atoms with Gasteiger partial charge in [-0.05, 0) is 44.5 Å². The molecule has 5 heteroatoms. The predicted molar refractivity (Wildman–Crippen MR) is 81.2 cm³/mol. The molecule has 20 heavy (non-hydrogen) atoms. The maximum atomic E-state index is 12.2. The van der Waals surface area contributed by atoms with Crippen LogP contribution in [0.1, 0.15) is 22.5 Å². The van der Waals surface area contributed by atoms with Crippen LogP contribution in [0.4, 0.5) is 5.69 Å². The molecule has 2 aromatic rings. The standard InChI is InChI=1S/C15H18ClN3O/c1-9-7-12(16)5-6-14(9)17-15(20)8-13-10(2)18-19(4)11(13)3/h5-7H,8H2,1-4H3,(H,17,20). The number of benzene rings is 1. The number of hydrogen-bond donors (Lipinski definition) is 1. The second kappa shape index (κ2) is 5.67. The van der Waals surface area contributed by atoms with E-state index >= 15 is 0 Å². The van der Waals surface area contributed by atoms with Crippen molar-refractivity contribution in [1.82, 2.24) is 9.78 Å². The van der Waals surface area contributed by atoms with Crippen LogP contribution in [0, 0.1) is 20.8 Å². The first-order valence-electron chi connectivity index (χ1n) is 6.43. The lowest BCUT2D eigenvalue weighted by Gasteiger charge is -2.09. The first-order valence-corrected chi connectivity index (χ1v) is 6.81. The third-order valence-electron chi connectivity index (χ3n) is 3.46. The monoisotopic (exact) mass is 291 g/mol. The zero-order valence-corrected chi connectivity index (χ0v) is 12.9. The Morgan fingerprint density at radius 1 is 1.35 bits per heavy atom. The molecule has 0 fully saturated rings. The maximum Gasteiger partial charge on any atom is 0.228 e. The highest BCUT2D eigenvalue weighted by molar-refractivity contribution is 6.30. The van der Waals surface area contributed by atoms with E-state index in [2.05, 4.69) is 10.4 Å². The summed E-state index contributed by atoms with van der Waals surface area (Å²) in [5.74, 6) is -0.0466. The minimum Gasteiger partial charge on any atom is -0.326 e. The van der Waals surface area contributed by atoms with Gasteiger partial charge < -0.3 is 5.32 Å². The Balaban J connectivity index is 2.13. The number of aryl methyl sites for hydroxylation is 3. The van der Waals surface area contributed by atoms with Gasteiger partial charge in [-0.3, -0.25) is 9.48 Å². The quantitative estimate of drug-likeness (QED) is 0.944. The third-order valence-corrected chi connectivity index (χ3v) is 3.69. The van der Waals surface area contributed by atoms with Crippen LogP contribution >= 0.6 is 11.6 Å². The molecular formula is C15H18ClN3O.